The zero-order valence-electron chi connectivity index (χ0n) is 11.7. The maximum atomic E-state index is 3.56. The van der Waals surface area contributed by atoms with Gasteiger partial charge in [-0.05, 0) is 52.6 Å². The van der Waals surface area contributed by atoms with E-state index < -0.39 is 0 Å². The van der Waals surface area contributed by atoms with Crippen molar-refractivity contribution in [2.24, 2.45) is 5.92 Å². The molecule has 0 aromatic rings. The van der Waals surface area contributed by atoms with Crippen molar-refractivity contribution in [3.05, 3.63) is 0 Å². The summed E-state index contributed by atoms with van der Waals surface area (Å²) in [5.74, 6) is 1.01. The SMILES string of the molecule is CCCC1CCN(CCNC(C)(C)C)CC1. The van der Waals surface area contributed by atoms with Crippen molar-refractivity contribution in [1.29, 1.82) is 0 Å². The minimum Gasteiger partial charge on any atom is -0.311 e. The summed E-state index contributed by atoms with van der Waals surface area (Å²) in [6.07, 6.45) is 5.64. The lowest BCUT2D eigenvalue weighted by Crippen LogP contribution is -2.43. The van der Waals surface area contributed by atoms with Crippen molar-refractivity contribution in [3.63, 3.8) is 0 Å². The van der Waals surface area contributed by atoms with E-state index in [0.29, 0.717) is 0 Å². The quantitative estimate of drug-likeness (QED) is 0.775. The van der Waals surface area contributed by atoms with E-state index in [4.69, 9.17) is 0 Å². The summed E-state index contributed by atoms with van der Waals surface area (Å²) < 4.78 is 0. The first-order valence-electron chi connectivity index (χ1n) is 6.98. The highest BCUT2D eigenvalue weighted by molar-refractivity contribution is 4.75. The smallest absolute Gasteiger partial charge is 0.0107 e. The van der Waals surface area contributed by atoms with Crippen molar-refractivity contribution in [2.75, 3.05) is 26.2 Å². The molecule has 16 heavy (non-hydrogen) atoms. The van der Waals surface area contributed by atoms with Gasteiger partial charge in [-0.3, -0.25) is 0 Å². The molecule has 2 nitrogen and oxygen atoms in total. The fourth-order valence-corrected chi connectivity index (χ4v) is 2.50. The minimum absolute atomic E-state index is 0.264. The van der Waals surface area contributed by atoms with E-state index in [0.717, 1.165) is 12.5 Å². The Morgan fingerprint density at radius 2 is 1.81 bits per heavy atom. The summed E-state index contributed by atoms with van der Waals surface area (Å²) in [6, 6.07) is 0. The summed E-state index contributed by atoms with van der Waals surface area (Å²) in [5.41, 5.74) is 0.264. The molecular weight excluding hydrogens is 196 g/mol. The monoisotopic (exact) mass is 226 g/mol. The molecule has 2 heteroatoms. The summed E-state index contributed by atoms with van der Waals surface area (Å²) >= 11 is 0. The zero-order valence-corrected chi connectivity index (χ0v) is 11.7. The average Bonchev–Trinajstić information content (AvgIpc) is 2.19. The first-order valence-corrected chi connectivity index (χ1v) is 6.98. The zero-order chi connectivity index (χ0) is 12.0. The number of piperidine rings is 1. The second-order valence-corrected chi connectivity index (χ2v) is 6.25. The van der Waals surface area contributed by atoms with Crippen LogP contribution in [0.15, 0.2) is 0 Å². The number of nitrogens with zero attached hydrogens (tertiary/aromatic N) is 1. The Balaban J connectivity index is 2.08. The molecule has 1 N–H and O–H groups in total. The second-order valence-electron chi connectivity index (χ2n) is 6.25. The highest BCUT2D eigenvalue weighted by Crippen LogP contribution is 2.21. The predicted molar refractivity (Wildman–Crippen MR) is 71.8 cm³/mol. The van der Waals surface area contributed by atoms with Gasteiger partial charge in [0.2, 0.25) is 0 Å². The molecule has 0 amide bonds. The molecule has 0 unspecified atom stereocenters. The molecule has 0 atom stereocenters. The molecule has 1 rings (SSSR count). The number of nitrogens with one attached hydrogen (secondary N) is 1. The van der Waals surface area contributed by atoms with Crippen LogP contribution in [0.25, 0.3) is 0 Å². The molecule has 0 aromatic heterocycles. The first kappa shape index (κ1) is 14.0. The highest BCUT2D eigenvalue weighted by Gasteiger charge is 2.18. The highest BCUT2D eigenvalue weighted by atomic mass is 15.1. The molecule has 0 aromatic carbocycles. The third-order valence-electron chi connectivity index (χ3n) is 3.49. The van der Waals surface area contributed by atoms with E-state index >= 15 is 0 Å². The van der Waals surface area contributed by atoms with Gasteiger partial charge in [-0.2, -0.15) is 0 Å². The van der Waals surface area contributed by atoms with Crippen LogP contribution in [0.1, 0.15) is 53.4 Å². The second kappa shape index (κ2) is 6.61. The molecule has 0 spiro atoms. The van der Waals surface area contributed by atoms with Crippen LogP contribution in [-0.4, -0.2) is 36.6 Å². The molecule has 0 aliphatic carbocycles. The standard InChI is InChI=1S/C14H30N2/c1-5-6-13-7-10-16(11-8-13)12-9-15-14(2,3)4/h13,15H,5-12H2,1-4H3. The van der Waals surface area contributed by atoms with Crippen molar-refractivity contribution in [3.8, 4) is 0 Å². The van der Waals surface area contributed by atoms with Gasteiger partial charge in [0.25, 0.3) is 0 Å². The average molecular weight is 226 g/mol. The third-order valence-corrected chi connectivity index (χ3v) is 3.49. The van der Waals surface area contributed by atoms with Gasteiger partial charge in [0.1, 0.15) is 0 Å². The molecule has 1 fully saturated rings. The lowest BCUT2D eigenvalue weighted by atomic mass is 9.92. The maximum absolute atomic E-state index is 3.56. The fraction of sp³-hybridized carbons (Fsp3) is 1.00. The lowest BCUT2D eigenvalue weighted by molar-refractivity contribution is 0.175. The first-order chi connectivity index (χ1) is 7.51. The van der Waals surface area contributed by atoms with E-state index in [9.17, 15) is 0 Å². The molecular formula is C14H30N2. The van der Waals surface area contributed by atoms with Crippen molar-refractivity contribution in [1.82, 2.24) is 10.2 Å². The molecule has 0 saturated carbocycles. The lowest BCUT2D eigenvalue weighted by Gasteiger charge is -2.32. The maximum Gasteiger partial charge on any atom is 0.0107 e. The van der Waals surface area contributed by atoms with Gasteiger partial charge in [-0.1, -0.05) is 19.8 Å². The van der Waals surface area contributed by atoms with Crippen LogP contribution in [-0.2, 0) is 0 Å². The summed E-state index contributed by atoms with van der Waals surface area (Å²) in [7, 11) is 0. The molecule has 0 radical (unpaired) electrons. The Bertz CT molecular complexity index is 176. The summed E-state index contributed by atoms with van der Waals surface area (Å²) in [4.78, 5) is 2.62. The van der Waals surface area contributed by atoms with Crippen LogP contribution in [0.4, 0.5) is 0 Å². The van der Waals surface area contributed by atoms with Crippen molar-refractivity contribution >= 4 is 0 Å². The van der Waals surface area contributed by atoms with Crippen LogP contribution >= 0.6 is 0 Å². The van der Waals surface area contributed by atoms with Crippen molar-refractivity contribution in [2.45, 2.75) is 58.9 Å². The van der Waals surface area contributed by atoms with Crippen LogP contribution in [0.3, 0.4) is 0 Å². The Hall–Kier alpha value is -0.0800. The van der Waals surface area contributed by atoms with Gasteiger partial charge in [0.05, 0.1) is 0 Å². The van der Waals surface area contributed by atoms with Gasteiger partial charge in [-0.25, -0.2) is 0 Å². The Kier molecular flexibility index (Phi) is 5.77. The molecule has 1 heterocycles. The number of rotatable bonds is 5. The third kappa shape index (κ3) is 5.86. The Labute approximate surface area is 102 Å². The van der Waals surface area contributed by atoms with Gasteiger partial charge in [0, 0.05) is 18.6 Å². The van der Waals surface area contributed by atoms with Gasteiger partial charge >= 0.3 is 0 Å². The topological polar surface area (TPSA) is 15.3 Å². The fourth-order valence-electron chi connectivity index (χ4n) is 2.50. The largest absolute Gasteiger partial charge is 0.311 e. The van der Waals surface area contributed by atoms with E-state index in [1.54, 1.807) is 0 Å². The molecule has 96 valence electrons. The van der Waals surface area contributed by atoms with E-state index in [1.165, 1.54) is 45.3 Å². The summed E-state index contributed by atoms with van der Waals surface area (Å²) in [5, 5.41) is 3.56. The number of hydrogen-bond acceptors (Lipinski definition) is 2. The van der Waals surface area contributed by atoms with Gasteiger partial charge < -0.3 is 10.2 Å². The number of likely N-dealkylation sites (tertiary alicyclic amines) is 1. The molecule has 1 saturated heterocycles. The van der Waals surface area contributed by atoms with Crippen LogP contribution < -0.4 is 5.32 Å². The van der Waals surface area contributed by atoms with Crippen LogP contribution in [0, 0.1) is 5.92 Å². The van der Waals surface area contributed by atoms with Gasteiger partial charge in [0.15, 0.2) is 0 Å². The van der Waals surface area contributed by atoms with Crippen LogP contribution in [0.5, 0.6) is 0 Å². The molecule has 1 aliphatic heterocycles. The molecule has 1 aliphatic rings. The van der Waals surface area contributed by atoms with Crippen molar-refractivity contribution < 1.29 is 0 Å². The summed E-state index contributed by atoms with van der Waals surface area (Å²) in [6.45, 7) is 14.0. The van der Waals surface area contributed by atoms with Crippen LogP contribution in [0.2, 0.25) is 0 Å². The van der Waals surface area contributed by atoms with E-state index in [-0.39, 0.29) is 5.54 Å². The van der Waals surface area contributed by atoms with Gasteiger partial charge in [-0.15, -0.1) is 0 Å². The number of hydrogen-bond donors (Lipinski definition) is 1. The predicted octanol–water partition coefficient (Wildman–Crippen LogP) is 2.89. The molecule has 0 bridgehead atoms. The Morgan fingerprint density at radius 1 is 1.19 bits per heavy atom. The minimum atomic E-state index is 0.264. The Morgan fingerprint density at radius 3 is 2.31 bits per heavy atom. The normalized spacial score (nSPS) is 20.2. The van der Waals surface area contributed by atoms with E-state index in [2.05, 4.69) is 37.9 Å². The van der Waals surface area contributed by atoms with E-state index in [1.807, 2.05) is 0 Å².